The van der Waals surface area contributed by atoms with Gasteiger partial charge >= 0.3 is 5.97 Å². The molecule has 2 aromatic carbocycles. The molecule has 11 heteroatoms. The summed E-state index contributed by atoms with van der Waals surface area (Å²) in [6.07, 6.45) is 1.64. The molecule has 3 aromatic rings. The second kappa shape index (κ2) is 9.88. The van der Waals surface area contributed by atoms with Crippen LogP contribution in [0, 0.1) is 0 Å². The molecule has 33 heavy (non-hydrogen) atoms. The predicted molar refractivity (Wildman–Crippen MR) is 122 cm³/mol. The summed E-state index contributed by atoms with van der Waals surface area (Å²) in [5.41, 5.74) is 0.531. The Bertz CT molecular complexity index is 1320. The lowest BCUT2D eigenvalue weighted by atomic mass is 10.2. The first-order valence-electron chi connectivity index (χ1n) is 9.57. The van der Waals surface area contributed by atoms with E-state index in [0.29, 0.717) is 10.7 Å². The van der Waals surface area contributed by atoms with Gasteiger partial charge in [-0.25, -0.2) is 13.2 Å². The highest BCUT2D eigenvalue weighted by molar-refractivity contribution is 7.92. The van der Waals surface area contributed by atoms with Gasteiger partial charge in [-0.05, 0) is 48.5 Å². The molecule has 0 aliphatic heterocycles. The van der Waals surface area contributed by atoms with E-state index in [1.54, 1.807) is 37.5 Å². The van der Waals surface area contributed by atoms with E-state index in [-0.39, 0.29) is 16.2 Å². The minimum atomic E-state index is -4.00. The van der Waals surface area contributed by atoms with Gasteiger partial charge < -0.3 is 9.30 Å². The van der Waals surface area contributed by atoms with Crippen LogP contribution < -0.4 is 9.62 Å². The van der Waals surface area contributed by atoms with Crippen molar-refractivity contribution in [2.24, 2.45) is 7.05 Å². The van der Waals surface area contributed by atoms with E-state index in [0.717, 1.165) is 10.4 Å². The number of rotatable bonds is 7. The molecule has 1 N–H and O–H groups in total. The van der Waals surface area contributed by atoms with Gasteiger partial charge in [0.1, 0.15) is 5.69 Å². The number of imide groups is 1. The summed E-state index contributed by atoms with van der Waals surface area (Å²) in [7, 11) is -0.996. The molecule has 3 rings (SSSR count). The van der Waals surface area contributed by atoms with Crippen molar-refractivity contribution in [3.8, 4) is 0 Å². The van der Waals surface area contributed by atoms with Crippen LogP contribution >= 0.6 is 11.6 Å². The van der Waals surface area contributed by atoms with Gasteiger partial charge in [0, 0.05) is 25.3 Å². The van der Waals surface area contributed by atoms with Crippen molar-refractivity contribution in [1.29, 1.82) is 0 Å². The Kier molecular flexibility index (Phi) is 7.19. The topological polar surface area (TPSA) is 115 Å². The second-order valence-corrected chi connectivity index (χ2v) is 9.34. The Morgan fingerprint density at radius 2 is 1.79 bits per heavy atom. The number of amides is 2. The van der Waals surface area contributed by atoms with Crippen LogP contribution in [-0.4, -0.2) is 44.4 Å². The molecule has 172 valence electrons. The largest absolute Gasteiger partial charge is 0.452 e. The first-order valence-corrected chi connectivity index (χ1v) is 11.4. The molecule has 0 saturated heterocycles. The summed E-state index contributed by atoms with van der Waals surface area (Å²) in [5.74, 6) is -2.38. The van der Waals surface area contributed by atoms with Crippen LogP contribution in [0.25, 0.3) is 0 Å². The Balaban J connectivity index is 1.67. The minimum Gasteiger partial charge on any atom is -0.452 e. The fraction of sp³-hybridized carbons (Fsp3) is 0.136. The number of nitrogens with one attached hydrogen (secondary N) is 1. The summed E-state index contributed by atoms with van der Waals surface area (Å²) in [6, 6.07) is 14.7. The van der Waals surface area contributed by atoms with Gasteiger partial charge in [0.15, 0.2) is 6.61 Å². The van der Waals surface area contributed by atoms with Gasteiger partial charge in [0.25, 0.3) is 21.8 Å². The maximum Gasteiger partial charge on any atom is 0.338 e. The zero-order valence-electron chi connectivity index (χ0n) is 17.7. The van der Waals surface area contributed by atoms with Crippen molar-refractivity contribution in [3.63, 3.8) is 0 Å². The van der Waals surface area contributed by atoms with E-state index in [1.165, 1.54) is 41.9 Å². The Hall–Kier alpha value is -3.63. The molecule has 0 fully saturated rings. The quantitative estimate of drug-likeness (QED) is 0.510. The normalized spacial score (nSPS) is 11.0. The summed E-state index contributed by atoms with van der Waals surface area (Å²) < 4.78 is 33.4. The van der Waals surface area contributed by atoms with Crippen LogP contribution in [0.15, 0.2) is 71.8 Å². The van der Waals surface area contributed by atoms with Crippen molar-refractivity contribution in [3.05, 3.63) is 83.1 Å². The fourth-order valence-corrected chi connectivity index (χ4v) is 4.31. The summed E-state index contributed by atoms with van der Waals surface area (Å²) in [6.45, 7) is -0.714. The number of sulfonamides is 1. The Morgan fingerprint density at radius 3 is 2.45 bits per heavy atom. The third kappa shape index (κ3) is 5.60. The Morgan fingerprint density at radius 1 is 1.06 bits per heavy atom. The number of aryl methyl sites for hydroxylation is 1. The fourth-order valence-electron chi connectivity index (χ4n) is 2.89. The molecular weight excluding hydrogens is 470 g/mol. The van der Waals surface area contributed by atoms with E-state index >= 15 is 0 Å². The van der Waals surface area contributed by atoms with Gasteiger partial charge in [-0.15, -0.1) is 0 Å². The number of ether oxygens (including phenoxy) is 1. The highest BCUT2D eigenvalue weighted by Crippen LogP contribution is 2.25. The van der Waals surface area contributed by atoms with Crippen LogP contribution in [0.5, 0.6) is 0 Å². The molecule has 0 spiro atoms. The number of benzene rings is 2. The number of anilines is 1. The van der Waals surface area contributed by atoms with Crippen molar-refractivity contribution in [2.45, 2.75) is 4.90 Å². The van der Waals surface area contributed by atoms with Crippen molar-refractivity contribution < 1.29 is 27.5 Å². The Labute approximate surface area is 195 Å². The number of halogens is 1. The first-order chi connectivity index (χ1) is 15.6. The van der Waals surface area contributed by atoms with Gasteiger partial charge in [-0.2, -0.15) is 0 Å². The molecular formula is C22H20ClN3O6S. The van der Waals surface area contributed by atoms with E-state index in [2.05, 4.69) is 5.32 Å². The summed E-state index contributed by atoms with van der Waals surface area (Å²) in [4.78, 5) is 36.2. The lowest BCUT2D eigenvalue weighted by molar-refractivity contribution is -0.123. The number of esters is 1. The molecule has 0 atom stereocenters. The highest BCUT2D eigenvalue weighted by Gasteiger charge is 2.23. The molecule has 0 saturated carbocycles. The van der Waals surface area contributed by atoms with Gasteiger partial charge in [0.2, 0.25) is 0 Å². The summed E-state index contributed by atoms with van der Waals surface area (Å²) >= 11 is 5.94. The molecule has 1 heterocycles. The predicted octanol–water partition coefficient (Wildman–Crippen LogP) is 2.62. The molecule has 9 nitrogen and oxygen atoms in total. The number of hydrogen-bond acceptors (Lipinski definition) is 6. The zero-order chi connectivity index (χ0) is 24.2. The minimum absolute atomic E-state index is 0.0721. The molecule has 0 bridgehead atoms. The van der Waals surface area contributed by atoms with Crippen LogP contribution in [0.1, 0.15) is 20.8 Å². The molecule has 0 aliphatic rings. The van der Waals surface area contributed by atoms with E-state index in [4.69, 9.17) is 16.3 Å². The lowest BCUT2D eigenvalue weighted by Crippen LogP contribution is -2.35. The molecule has 0 unspecified atom stereocenters. The van der Waals surface area contributed by atoms with Gasteiger partial charge in [0.05, 0.1) is 16.1 Å². The van der Waals surface area contributed by atoms with Crippen molar-refractivity contribution >= 4 is 45.1 Å². The first kappa shape index (κ1) is 24.0. The SMILES string of the molecule is CN(c1cccc(Cl)c1)S(=O)(=O)c1cccc(C(=O)OCC(=O)NC(=O)c2cccn2C)c1. The molecule has 1 aromatic heterocycles. The third-order valence-electron chi connectivity index (χ3n) is 4.66. The second-order valence-electron chi connectivity index (χ2n) is 6.94. The van der Waals surface area contributed by atoms with Crippen LogP contribution in [0.4, 0.5) is 5.69 Å². The van der Waals surface area contributed by atoms with E-state index < -0.39 is 34.4 Å². The van der Waals surface area contributed by atoms with E-state index in [9.17, 15) is 22.8 Å². The lowest BCUT2D eigenvalue weighted by Gasteiger charge is -2.20. The molecule has 2 amide bonds. The summed E-state index contributed by atoms with van der Waals surface area (Å²) in [5, 5.41) is 2.49. The van der Waals surface area contributed by atoms with Crippen molar-refractivity contribution in [1.82, 2.24) is 9.88 Å². The number of nitrogens with zero attached hydrogens (tertiary/aromatic N) is 2. The van der Waals surface area contributed by atoms with E-state index in [1.807, 2.05) is 0 Å². The smallest absolute Gasteiger partial charge is 0.338 e. The zero-order valence-corrected chi connectivity index (χ0v) is 19.3. The monoisotopic (exact) mass is 489 g/mol. The van der Waals surface area contributed by atoms with Gasteiger partial charge in [-0.3, -0.25) is 19.2 Å². The number of hydrogen-bond donors (Lipinski definition) is 1. The highest BCUT2D eigenvalue weighted by atomic mass is 35.5. The number of carbonyl (C=O) groups excluding carboxylic acids is 3. The van der Waals surface area contributed by atoms with Gasteiger partial charge in [-0.1, -0.05) is 23.7 Å². The van der Waals surface area contributed by atoms with Crippen LogP contribution in [-0.2, 0) is 26.6 Å². The molecule has 0 aliphatic carbocycles. The van der Waals surface area contributed by atoms with Crippen LogP contribution in [0.2, 0.25) is 5.02 Å². The standard InChI is InChI=1S/C22H20ClN3O6S/c1-25-11-5-10-19(25)21(28)24-20(27)14-32-22(29)15-6-3-9-18(12-15)33(30,31)26(2)17-8-4-7-16(23)13-17/h3-13H,14H2,1-2H3,(H,24,27,28). The van der Waals surface area contributed by atoms with Crippen molar-refractivity contribution in [2.75, 3.05) is 18.0 Å². The average molecular weight is 490 g/mol. The molecule has 0 radical (unpaired) electrons. The van der Waals surface area contributed by atoms with Crippen LogP contribution in [0.3, 0.4) is 0 Å². The maximum atomic E-state index is 13.0. The number of carbonyl (C=O) groups is 3. The number of aromatic nitrogens is 1. The average Bonchev–Trinajstić information content (AvgIpc) is 3.23. The maximum absolute atomic E-state index is 13.0. The third-order valence-corrected chi connectivity index (χ3v) is 6.68.